The van der Waals surface area contributed by atoms with Crippen LogP contribution in [-0.4, -0.2) is 45.0 Å². The lowest BCUT2D eigenvalue weighted by molar-refractivity contribution is -0.0914. The minimum atomic E-state index is -0.0889. The third-order valence-corrected chi connectivity index (χ3v) is 5.26. The Morgan fingerprint density at radius 2 is 2.39 bits per heavy atom. The first-order chi connectivity index (χ1) is 8.73. The normalized spacial score (nSPS) is 32.9. The van der Waals surface area contributed by atoms with Gasteiger partial charge in [-0.25, -0.2) is 0 Å². The van der Waals surface area contributed by atoms with E-state index in [0.29, 0.717) is 0 Å². The highest BCUT2D eigenvalue weighted by Gasteiger charge is 2.46. The maximum absolute atomic E-state index is 6.17. The van der Waals surface area contributed by atoms with Crippen LogP contribution in [0.5, 0.6) is 0 Å². The third kappa shape index (κ3) is 1.96. The minimum Gasteiger partial charge on any atom is -0.371 e. The summed E-state index contributed by atoms with van der Waals surface area (Å²) in [7, 11) is 2.03. The lowest BCUT2D eigenvalue weighted by Crippen LogP contribution is -2.55. The monoisotopic (exact) mass is 268 g/mol. The van der Waals surface area contributed by atoms with Crippen molar-refractivity contribution in [3.05, 3.63) is 11.6 Å². The van der Waals surface area contributed by atoms with Gasteiger partial charge in [-0.2, -0.15) is 11.8 Å². The first kappa shape index (κ1) is 12.4. The van der Waals surface area contributed by atoms with Crippen LogP contribution in [0.25, 0.3) is 0 Å². The maximum atomic E-state index is 6.17. The molecule has 1 aromatic rings. The van der Waals surface area contributed by atoms with Crippen molar-refractivity contribution < 1.29 is 4.74 Å². The van der Waals surface area contributed by atoms with Gasteiger partial charge in [-0.3, -0.25) is 0 Å². The molecule has 0 aliphatic carbocycles. The first-order valence-electron chi connectivity index (χ1n) is 6.54. The van der Waals surface area contributed by atoms with Crippen LogP contribution < -0.4 is 5.32 Å². The Balaban J connectivity index is 1.94. The lowest BCUT2D eigenvalue weighted by atomic mass is 9.88. The molecule has 0 bridgehead atoms. The molecule has 2 atom stereocenters. The van der Waals surface area contributed by atoms with Crippen LogP contribution in [-0.2, 0) is 11.8 Å². The van der Waals surface area contributed by atoms with Gasteiger partial charge in [0.25, 0.3) is 0 Å². The molecule has 18 heavy (non-hydrogen) atoms. The van der Waals surface area contributed by atoms with E-state index in [2.05, 4.69) is 20.1 Å². The largest absolute Gasteiger partial charge is 0.371 e. The predicted molar refractivity (Wildman–Crippen MR) is 71.7 cm³/mol. The Labute approximate surface area is 112 Å². The van der Waals surface area contributed by atoms with Crippen molar-refractivity contribution in [3.8, 4) is 0 Å². The molecular formula is C12H20N4OS. The number of ether oxygens (including phenoxy) is 1. The molecule has 3 heterocycles. The van der Waals surface area contributed by atoms with Crippen LogP contribution in [0.2, 0.25) is 0 Å². The van der Waals surface area contributed by atoms with E-state index in [1.807, 2.05) is 25.7 Å². The fourth-order valence-electron chi connectivity index (χ4n) is 2.86. The number of morpholine rings is 1. The van der Waals surface area contributed by atoms with Crippen LogP contribution in [0.1, 0.15) is 30.5 Å². The third-order valence-electron chi connectivity index (χ3n) is 3.99. The number of thioether (sulfide) groups is 1. The van der Waals surface area contributed by atoms with Gasteiger partial charge in [-0.1, -0.05) is 0 Å². The second kappa shape index (κ2) is 4.83. The van der Waals surface area contributed by atoms with Crippen LogP contribution in [0.4, 0.5) is 0 Å². The Morgan fingerprint density at radius 3 is 3.06 bits per heavy atom. The molecule has 1 spiro atoms. The van der Waals surface area contributed by atoms with E-state index in [0.717, 1.165) is 37.0 Å². The number of hydrogen-bond acceptors (Lipinski definition) is 5. The molecular weight excluding hydrogens is 248 g/mol. The summed E-state index contributed by atoms with van der Waals surface area (Å²) >= 11 is 1.99. The molecule has 0 aromatic carbocycles. The number of rotatable bonds is 1. The first-order valence-corrected chi connectivity index (χ1v) is 7.69. The van der Waals surface area contributed by atoms with Crippen LogP contribution in [0.3, 0.4) is 0 Å². The number of aryl methyl sites for hydroxylation is 1. The molecule has 5 nitrogen and oxygen atoms in total. The van der Waals surface area contributed by atoms with Gasteiger partial charge in [0.05, 0.1) is 18.2 Å². The van der Waals surface area contributed by atoms with E-state index in [9.17, 15) is 0 Å². The number of hydrogen-bond donors (Lipinski definition) is 1. The highest BCUT2D eigenvalue weighted by Crippen LogP contribution is 2.40. The van der Waals surface area contributed by atoms with Crippen LogP contribution in [0.15, 0.2) is 0 Å². The number of aromatic nitrogens is 3. The van der Waals surface area contributed by atoms with E-state index in [1.165, 1.54) is 12.2 Å². The van der Waals surface area contributed by atoms with E-state index >= 15 is 0 Å². The molecule has 3 rings (SSSR count). The zero-order valence-corrected chi connectivity index (χ0v) is 11.8. The Bertz CT molecular complexity index is 419. The SMILES string of the molecule is Cc1nnc(C2NCCOC23CCCSC3)n1C. The zero-order valence-electron chi connectivity index (χ0n) is 11.0. The molecule has 2 fully saturated rings. The van der Waals surface area contributed by atoms with Gasteiger partial charge in [0.2, 0.25) is 0 Å². The Hall–Kier alpha value is -0.590. The van der Waals surface area contributed by atoms with E-state index in [1.54, 1.807) is 0 Å². The van der Waals surface area contributed by atoms with Crippen LogP contribution >= 0.6 is 11.8 Å². The number of nitrogens with zero attached hydrogens (tertiary/aromatic N) is 3. The summed E-state index contributed by atoms with van der Waals surface area (Å²) in [5.41, 5.74) is -0.0889. The highest BCUT2D eigenvalue weighted by molar-refractivity contribution is 7.99. The Morgan fingerprint density at radius 1 is 1.50 bits per heavy atom. The highest BCUT2D eigenvalue weighted by atomic mass is 32.2. The summed E-state index contributed by atoms with van der Waals surface area (Å²) in [6.07, 6.45) is 2.34. The van der Waals surface area contributed by atoms with Gasteiger partial charge < -0.3 is 14.6 Å². The van der Waals surface area contributed by atoms with Gasteiger partial charge in [-0.15, -0.1) is 10.2 Å². The van der Waals surface area contributed by atoms with Crippen molar-refractivity contribution in [3.63, 3.8) is 0 Å². The zero-order chi connectivity index (χ0) is 12.6. The van der Waals surface area contributed by atoms with E-state index in [-0.39, 0.29) is 11.6 Å². The average Bonchev–Trinajstić information content (AvgIpc) is 2.72. The van der Waals surface area contributed by atoms with Crippen molar-refractivity contribution in [2.24, 2.45) is 7.05 Å². The Kier molecular flexibility index (Phi) is 3.34. The quantitative estimate of drug-likeness (QED) is 0.825. The summed E-state index contributed by atoms with van der Waals surface area (Å²) in [4.78, 5) is 0. The molecule has 1 N–H and O–H groups in total. The smallest absolute Gasteiger partial charge is 0.152 e. The molecule has 2 unspecified atom stereocenters. The molecule has 0 saturated carbocycles. The standard InChI is InChI=1S/C12H20N4OS/c1-9-14-15-11(16(9)2)10-12(17-6-5-13-10)4-3-7-18-8-12/h10,13H,3-8H2,1-2H3. The van der Waals surface area contributed by atoms with Gasteiger partial charge in [0, 0.05) is 19.3 Å². The van der Waals surface area contributed by atoms with Gasteiger partial charge >= 0.3 is 0 Å². The second-order valence-electron chi connectivity index (χ2n) is 5.12. The summed E-state index contributed by atoms with van der Waals surface area (Å²) < 4.78 is 8.25. The molecule has 100 valence electrons. The van der Waals surface area contributed by atoms with E-state index in [4.69, 9.17) is 4.74 Å². The summed E-state index contributed by atoms with van der Waals surface area (Å²) in [6.45, 7) is 3.68. The van der Waals surface area contributed by atoms with Gasteiger partial charge in [0.1, 0.15) is 5.82 Å². The van der Waals surface area contributed by atoms with E-state index < -0.39 is 0 Å². The van der Waals surface area contributed by atoms with Crippen molar-refractivity contribution >= 4 is 11.8 Å². The molecule has 0 amide bonds. The van der Waals surface area contributed by atoms with Crippen molar-refractivity contribution in [1.82, 2.24) is 20.1 Å². The molecule has 6 heteroatoms. The summed E-state index contributed by atoms with van der Waals surface area (Å²) in [5.74, 6) is 4.26. The second-order valence-corrected chi connectivity index (χ2v) is 6.23. The molecule has 2 aliphatic heterocycles. The minimum absolute atomic E-state index is 0.0889. The fourth-order valence-corrected chi connectivity index (χ4v) is 4.09. The van der Waals surface area contributed by atoms with Crippen molar-refractivity contribution in [2.75, 3.05) is 24.7 Å². The van der Waals surface area contributed by atoms with Crippen molar-refractivity contribution in [2.45, 2.75) is 31.4 Å². The molecule has 2 saturated heterocycles. The molecule has 2 aliphatic rings. The van der Waals surface area contributed by atoms with Crippen molar-refractivity contribution in [1.29, 1.82) is 0 Å². The molecule has 0 radical (unpaired) electrons. The lowest BCUT2D eigenvalue weighted by Gasteiger charge is -2.45. The maximum Gasteiger partial charge on any atom is 0.152 e. The number of nitrogens with one attached hydrogen (secondary N) is 1. The van der Waals surface area contributed by atoms with Gasteiger partial charge in [0.15, 0.2) is 5.82 Å². The molecule has 1 aromatic heterocycles. The average molecular weight is 268 g/mol. The predicted octanol–water partition coefficient (Wildman–Crippen LogP) is 1.05. The van der Waals surface area contributed by atoms with Crippen LogP contribution in [0, 0.1) is 6.92 Å². The van der Waals surface area contributed by atoms with Gasteiger partial charge in [-0.05, 0) is 25.5 Å². The topological polar surface area (TPSA) is 52.0 Å². The summed E-state index contributed by atoms with van der Waals surface area (Å²) in [6, 6.07) is 0.172. The summed E-state index contributed by atoms with van der Waals surface area (Å²) in [5, 5.41) is 12.1. The fraction of sp³-hybridized carbons (Fsp3) is 0.833.